The maximum Gasteiger partial charge on any atom is 0.260 e. The van der Waals surface area contributed by atoms with Crippen molar-refractivity contribution in [1.29, 1.82) is 0 Å². The first kappa shape index (κ1) is 20.0. The van der Waals surface area contributed by atoms with Crippen LogP contribution in [0, 0.1) is 5.41 Å². The van der Waals surface area contributed by atoms with E-state index in [9.17, 15) is 4.79 Å². The molecule has 2 aliphatic heterocycles. The molecule has 6 nitrogen and oxygen atoms in total. The van der Waals surface area contributed by atoms with Crippen LogP contribution in [0.2, 0.25) is 0 Å². The van der Waals surface area contributed by atoms with Crippen molar-refractivity contribution in [3.63, 3.8) is 0 Å². The first-order chi connectivity index (χ1) is 12.9. The van der Waals surface area contributed by atoms with Crippen molar-refractivity contribution in [1.82, 2.24) is 9.80 Å². The molecule has 0 aliphatic carbocycles. The summed E-state index contributed by atoms with van der Waals surface area (Å²) in [7, 11) is 1.64. The van der Waals surface area contributed by atoms with Gasteiger partial charge >= 0.3 is 0 Å². The van der Waals surface area contributed by atoms with Gasteiger partial charge in [-0.1, -0.05) is 19.9 Å². The molecule has 27 heavy (non-hydrogen) atoms. The quantitative estimate of drug-likeness (QED) is 0.826. The number of ether oxygens (including phenoxy) is 2. The highest BCUT2D eigenvalue weighted by Gasteiger charge is 2.33. The van der Waals surface area contributed by atoms with E-state index in [4.69, 9.17) is 15.2 Å². The number of carbonyl (C=O) groups excluding carboxylic acids is 1. The summed E-state index contributed by atoms with van der Waals surface area (Å²) in [5.41, 5.74) is 7.55. The second kappa shape index (κ2) is 8.48. The van der Waals surface area contributed by atoms with E-state index in [1.165, 1.54) is 5.56 Å². The van der Waals surface area contributed by atoms with Crippen LogP contribution in [0.1, 0.15) is 38.7 Å². The van der Waals surface area contributed by atoms with Crippen molar-refractivity contribution in [2.24, 2.45) is 11.1 Å². The molecule has 1 aromatic rings. The minimum atomic E-state index is 0.0468. The Hall–Kier alpha value is -1.79. The number of hydrogen-bond acceptors (Lipinski definition) is 5. The van der Waals surface area contributed by atoms with Crippen molar-refractivity contribution in [2.45, 2.75) is 45.7 Å². The summed E-state index contributed by atoms with van der Waals surface area (Å²) in [5.74, 6) is 1.34. The highest BCUT2D eigenvalue weighted by Crippen LogP contribution is 2.31. The van der Waals surface area contributed by atoms with Gasteiger partial charge in [0.1, 0.15) is 0 Å². The van der Waals surface area contributed by atoms with Gasteiger partial charge in [-0.3, -0.25) is 9.69 Å². The maximum absolute atomic E-state index is 12.2. The zero-order valence-corrected chi connectivity index (χ0v) is 16.9. The van der Waals surface area contributed by atoms with Crippen LogP contribution in [0.3, 0.4) is 0 Å². The number of amides is 1. The third-order valence-electron chi connectivity index (χ3n) is 5.84. The van der Waals surface area contributed by atoms with Crippen molar-refractivity contribution < 1.29 is 14.3 Å². The third-order valence-corrected chi connectivity index (χ3v) is 5.84. The van der Waals surface area contributed by atoms with Gasteiger partial charge in [-0.2, -0.15) is 0 Å². The molecule has 0 aromatic heterocycles. The van der Waals surface area contributed by atoms with E-state index in [1.54, 1.807) is 7.11 Å². The molecule has 1 amide bonds. The lowest BCUT2D eigenvalue weighted by atomic mass is 9.79. The summed E-state index contributed by atoms with van der Waals surface area (Å²) >= 11 is 0. The number of nitrogens with two attached hydrogens (primary N) is 1. The summed E-state index contributed by atoms with van der Waals surface area (Å²) in [6, 6.07) is 6.23. The lowest BCUT2D eigenvalue weighted by molar-refractivity contribution is -0.132. The molecular weight excluding hydrogens is 342 g/mol. The van der Waals surface area contributed by atoms with Crippen LogP contribution >= 0.6 is 0 Å². The lowest BCUT2D eigenvalue weighted by Gasteiger charge is -2.42. The fraction of sp³-hybridized carbons (Fsp3) is 0.667. The molecule has 2 aliphatic rings. The van der Waals surface area contributed by atoms with Gasteiger partial charge in [-0.05, 0) is 42.4 Å². The number of carbonyl (C=O) groups is 1. The second-order valence-corrected chi connectivity index (χ2v) is 8.46. The van der Waals surface area contributed by atoms with E-state index in [2.05, 4.69) is 24.8 Å². The molecule has 0 spiro atoms. The molecule has 2 saturated heterocycles. The number of piperidine rings is 1. The van der Waals surface area contributed by atoms with E-state index in [0.29, 0.717) is 11.5 Å². The van der Waals surface area contributed by atoms with Crippen molar-refractivity contribution in [2.75, 3.05) is 39.9 Å². The van der Waals surface area contributed by atoms with E-state index >= 15 is 0 Å². The lowest BCUT2D eigenvalue weighted by Crippen LogP contribution is -2.52. The molecule has 1 atom stereocenters. The zero-order valence-electron chi connectivity index (χ0n) is 16.9. The number of rotatable bonds is 6. The standard InChI is InChI=1S/C21H33N3O3/c1-21(2)15-23(11-8-19(21)22)13-16-6-7-17(18(12-16)26-3)27-14-20(25)24-9-4-5-10-24/h6-7,12,19H,4-5,8-11,13-15,22H2,1-3H3. The monoisotopic (exact) mass is 375 g/mol. The molecule has 1 unspecified atom stereocenters. The summed E-state index contributed by atoms with van der Waals surface area (Å²) in [5, 5.41) is 0. The highest BCUT2D eigenvalue weighted by atomic mass is 16.5. The molecular formula is C21H33N3O3. The predicted molar refractivity (Wildman–Crippen MR) is 106 cm³/mol. The van der Waals surface area contributed by atoms with Gasteiger partial charge < -0.3 is 20.1 Å². The van der Waals surface area contributed by atoms with E-state index in [-0.39, 0.29) is 24.0 Å². The Morgan fingerprint density at radius 1 is 1.22 bits per heavy atom. The van der Waals surface area contributed by atoms with Crippen molar-refractivity contribution >= 4 is 5.91 Å². The molecule has 0 bridgehead atoms. The van der Waals surface area contributed by atoms with Crippen molar-refractivity contribution in [3.8, 4) is 11.5 Å². The summed E-state index contributed by atoms with van der Waals surface area (Å²) in [6.07, 6.45) is 3.19. The van der Waals surface area contributed by atoms with Crippen LogP contribution in [-0.2, 0) is 11.3 Å². The van der Waals surface area contributed by atoms with Crippen LogP contribution < -0.4 is 15.2 Å². The largest absolute Gasteiger partial charge is 0.493 e. The van der Waals surface area contributed by atoms with Gasteiger partial charge in [0.05, 0.1) is 7.11 Å². The van der Waals surface area contributed by atoms with E-state index in [1.807, 2.05) is 17.0 Å². The normalized spacial score (nSPS) is 22.7. The number of hydrogen-bond donors (Lipinski definition) is 1. The molecule has 6 heteroatoms. The average molecular weight is 376 g/mol. The molecule has 150 valence electrons. The smallest absolute Gasteiger partial charge is 0.260 e. The molecule has 2 heterocycles. The van der Waals surface area contributed by atoms with Crippen LogP contribution in [0.15, 0.2) is 18.2 Å². The SMILES string of the molecule is COc1cc(CN2CCC(N)C(C)(C)C2)ccc1OCC(=O)N1CCCC1. The predicted octanol–water partition coefficient (Wildman–Crippen LogP) is 2.26. The molecule has 0 radical (unpaired) electrons. The Bertz CT molecular complexity index is 656. The van der Waals surface area contributed by atoms with Gasteiger partial charge in [0, 0.05) is 38.8 Å². The second-order valence-electron chi connectivity index (χ2n) is 8.46. The van der Waals surface area contributed by atoms with Gasteiger partial charge in [0.15, 0.2) is 18.1 Å². The Morgan fingerprint density at radius 3 is 2.63 bits per heavy atom. The summed E-state index contributed by atoms with van der Waals surface area (Å²) < 4.78 is 11.3. The fourth-order valence-corrected chi connectivity index (χ4v) is 4.01. The van der Waals surface area contributed by atoms with Crippen LogP contribution in [0.4, 0.5) is 0 Å². The molecule has 0 saturated carbocycles. The minimum Gasteiger partial charge on any atom is -0.493 e. The van der Waals surface area contributed by atoms with Crippen molar-refractivity contribution in [3.05, 3.63) is 23.8 Å². The Morgan fingerprint density at radius 2 is 1.96 bits per heavy atom. The zero-order chi connectivity index (χ0) is 19.4. The van der Waals surface area contributed by atoms with Gasteiger partial charge in [0.25, 0.3) is 5.91 Å². The van der Waals surface area contributed by atoms with E-state index < -0.39 is 0 Å². The Kier molecular flexibility index (Phi) is 6.27. The van der Waals surface area contributed by atoms with Gasteiger partial charge in [-0.15, -0.1) is 0 Å². The van der Waals surface area contributed by atoms with Gasteiger partial charge in [0.2, 0.25) is 0 Å². The number of likely N-dealkylation sites (tertiary alicyclic amines) is 2. The number of benzene rings is 1. The Balaban J connectivity index is 1.59. The number of methoxy groups -OCH3 is 1. The minimum absolute atomic E-state index is 0.0468. The fourth-order valence-electron chi connectivity index (χ4n) is 4.01. The molecule has 1 aromatic carbocycles. The third kappa shape index (κ3) is 4.93. The average Bonchev–Trinajstić information content (AvgIpc) is 3.18. The maximum atomic E-state index is 12.2. The molecule has 2 N–H and O–H groups in total. The summed E-state index contributed by atoms with van der Waals surface area (Å²) in [6.45, 7) is 9.07. The van der Waals surface area contributed by atoms with Crippen LogP contribution in [0.25, 0.3) is 0 Å². The number of nitrogens with zero attached hydrogens (tertiary/aromatic N) is 2. The summed E-state index contributed by atoms with van der Waals surface area (Å²) in [4.78, 5) is 16.5. The van der Waals surface area contributed by atoms with E-state index in [0.717, 1.165) is 52.0 Å². The Labute approximate surface area is 162 Å². The highest BCUT2D eigenvalue weighted by molar-refractivity contribution is 5.78. The van der Waals surface area contributed by atoms with Crippen LogP contribution in [0.5, 0.6) is 11.5 Å². The molecule has 3 rings (SSSR count). The first-order valence-electron chi connectivity index (χ1n) is 9.94. The van der Waals surface area contributed by atoms with Gasteiger partial charge in [-0.25, -0.2) is 0 Å². The molecule has 2 fully saturated rings. The van der Waals surface area contributed by atoms with Crippen LogP contribution in [-0.4, -0.2) is 61.6 Å². The first-order valence-corrected chi connectivity index (χ1v) is 9.94. The topological polar surface area (TPSA) is 68.0 Å².